The Kier molecular flexibility index (Phi) is 3.87. The fraction of sp³-hybridized carbons (Fsp3) is 0.500. The fourth-order valence-electron chi connectivity index (χ4n) is 2.41. The largest absolute Gasteiger partial charge is 0.307 e. The van der Waals surface area contributed by atoms with Crippen LogP contribution in [0.5, 0.6) is 0 Å². The Hall–Kier alpha value is -0.580. The molecule has 4 heteroatoms. The Bertz CT molecular complexity index is 490. The molecule has 0 radical (unpaired) electrons. The lowest BCUT2D eigenvalue weighted by Gasteiger charge is -2.28. The Labute approximate surface area is 116 Å². The van der Waals surface area contributed by atoms with Crippen molar-refractivity contribution in [1.29, 1.82) is 0 Å². The number of rotatable bonds is 3. The molecule has 0 bridgehead atoms. The van der Waals surface area contributed by atoms with Crippen LogP contribution < -0.4 is 5.32 Å². The third-order valence-electron chi connectivity index (χ3n) is 3.46. The molecule has 3 rings (SSSR count). The van der Waals surface area contributed by atoms with Crippen molar-refractivity contribution in [3.8, 4) is 0 Å². The summed E-state index contributed by atoms with van der Waals surface area (Å²) in [6, 6.07) is 9.02. The first-order valence-electron chi connectivity index (χ1n) is 6.52. The van der Waals surface area contributed by atoms with Crippen molar-refractivity contribution in [3.05, 3.63) is 29.3 Å². The van der Waals surface area contributed by atoms with Crippen molar-refractivity contribution in [1.82, 2.24) is 10.3 Å². The Morgan fingerprint density at radius 3 is 3.11 bits per heavy atom. The van der Waals surface area contributed by atoms with E-state index in [1.54, 1.807) is 11.3 Å². The van der Waals surface area contributed by atoms with E-state index in [9.17, 15) is 0 Å². The highest BCUT2D eigenvalue weighted by molar-refractivity contribution is 7.99. The van der Waals surface area contributed by atoms with Gasteiger partial charge in [0.05, 0.1) is 10.2 Å². The smallest absolute Gasteiger partial charge is 0.108 e. The summed E-state index contributed by atoms with van der Waals surface area (Å²) < 4.78 is 1.29. The number of hydrogen-bond donors (Lipinski definition) is 1. The van der Waals surface area contributed by atoms with Crippen molar-refractivity contribution in [2.45, 2.75) is 37.6 Å². The summed E-state index contributed by atoms with van der Waals surface area (Å²) in [6.07, 6.45) is 2.64. The Morgan fingerprint density at radius 2 is 2.28 bits per heavy atom. The van der Waals surface area contributed by atoms with E-state index in [-0.39, 0.29) is 0 Å². The molecular weight excluding hydrogens is 260 g/mol. The second-order valence-corrected chi connectivity index (χ2v) is 7.38. The number of para-hydroxylation sites is 1. The molecular formula is C14H18N2S2. The summed E-state index contributed by atoms with van der Waals surface area (Å²) in [7, 11) is 0. The SMILES string of the molecule is CC1SCCCC1NCc1nc2ccccc2s1. The van der Waals surface area contributed by atoms with Gasteiger partial charge in [0, 0.05) is 17.8 Å². The predicted molar refractivity (Wildman–Crippen MR) is 81.4 cm³/mol. The third kappa shape index (κ3) is 2.71. The van der Waals surface area contributed by atoms with Crippen LogP contribution in [0.25, 0.3) is 10.2 Å². The van der Waals surface area contributed by atoms with E-state index < -0.39 is 0 Å². The van der Waals surface area contributed by atoms with Gasteiger partial charge in [0.2, 0.25) is 0 Å². The van der Waals surface area contributed by atoms with E-state index in [2.05, 4.69) is 53.3 Å². The Balaban J connectivity index is 1.65. The zero-order chi connectivity index (χ0) is 12.4. The van der Waals surface area contributed by atoms with E-state index in [1.165, 1.54) is 28.3 Å². The van der Waals surface area contributed by atoms with Gasteiger partial charge in [0.25, 0.3) is 0 Å². The lowest BCUT2D eigenvalue weighted by molar-refractivity contribution is 0.462. The molecule has 1 saturated heterocycles. The molecule has 18 heavy (non-hydrogen) atoms. The van der Waals surface area contributed by atoms with Crippen LogP contribution >= 0.6 is 23.1 Å². The van der Waals surface area contributed by atoms with Crippen molar-refractivity contribution >= 4 is 33.3 Å². The number of fused-ring (bicyclic) bond motifs is 1. The molecule has 1 aromatic carbocycles. The summed E-state index contributed by atoms with van der Waals surface area (Å²) in [5.74, 6) is 1.32. The normalized spacial score (nSPS) is 24.5. The number of benzene rings is 1. The lowest BCUT2D eigenvalue weighted by atomic mass is 10.1. The number of aromatic nitrogens is 1. The quantitative estimate of drug-likeness (QED) is 0.927. The van der Waals surface area contributed by atoms with Crippen LogP contribution in [0.3, 0.4) is 0 Å². The molecule has 1 aromatic heterocycles. The minimum atomic E-state index is 0.649. The third-order valence-corrected chi connectivity index (χ3v) is 5.88. The summed E-state index contributed by atoms with van der Waals surface area (Å²) in [5, 5.41) is 5.61. The second kappa shape index (κ2) is 5.59. The Morgan fingerprint density at radius 1 is 1.39 bits per heavy atom. The average molecular weight is 278 g/mol. The number of thiazole rings is 1. The molecule has 0 spiro atoms. The molecule has 0 saturated carbocycles. The van der Waals surface area contributed by atoms with E-state index in [4.69, 9.17) is 0 Å². The van der Waals surface area contributed by atoms with Gasteiger partial charge in [-0.3, -0.25) is 0 Å². The van der Waals surface area contributed by atoms with Crippen LogP contribution in [-0.2, 0) is 6.54 Å². The number of hydrogen-bond acceptors (Lipinski definition) is 4. The van der Waals surface area contributed by atoms with Crippen molar-refractivity contribution in [3.63, 3.8) is 0 Å². The van der Waals surface area contributed by atoms with Crippen LogP contribution in [0.1, 0.15) is 24.8 Å². The summed E-state index contributed by atoms with van der Waals surface area (Å²) in [5.41, 5.74) is 1.13. The molecule has 1 aliphatic rings. The fourth-order valence-corrected chi connectivity index (χ4v) is 4.49. The van der Waals surface area contributed by atoms with Gasteiger partial charge in [0.15, 0.2) is 0 Å². The number of thioether (sulfide) groups is 1. The highest BCUT2D eigenvalue weighted by atomic mass is 32.2. The summed E-state index contributed by atoms with van der Waals surface area (Å²) in [6.45, 7) is 3.24. The maximum absolute atomic E-state index is 4.67. The molecule has 2 aromatic rings. The van der Waals surface area contributed by atoms with Gasteiger partial charge in [-0.25, -0.2) is 4.98 Å². The maximum atomic E-state index is 4.67. The van der Waals surface area contributed by atoms with Gasteiger partial charge >= 0.3 is 0 Å². The zero-order valence-electron chi connectivity index (χ0n) is 10.6. The van der Waals surface area contributed by atoms with Gasteiger partial charge < -0.3 is 5.32 Å². The standard InChI is InChI=1S/C14H18N2S2/c1-10-11(6-4-8-17-10)15-9-14-16-12-5-2-3-7-13(12)18-14/h2-3,5,7,10-11,15H,4,6,8-9H2,1H3. The minimum Gasteiger partial charge on any atom is -0.307 e. The highest BCUT2D eigenvalue weighted by Crippen LogP contribution is 2.26. The van der Waals surface area contributed by atoms with Crippen LogP contribution in [0.4, 0.5) is 0 Å². The van der Waals surface area contributed by atoms with Gasteiger partial charge in [-0.05, 0) is 30.7 Å². The first-order valence-corrected chi connectivity index (χ1v) is 8.39. The first kappa shape index (κ1) is 12.5. The molecule has 0 amide bonds. The number of nitrogens with zero attached hydrogens (tertiary/aromatic N) is 1. The van der Waals surface area contributed by atoms with Crippen LogP contribution in [0.15, 0.2) is 24.3 Å². The monoisotopic (exact) mass is 278 g/mol. The van der Waals surface area contributed by atoms with Crippen LogP contribution in [-0.4, -0.2) is 22.0 Å². The first-order chi connectivity index (χ1) is 8.83. The van der Waals surface area contributed by atoms with Gasteiger partial charge in [0.1, 0.15) is 5.01 Å². The van der Waals surface area contributed by atoms with Gasteiger partial charge in [-0.15, -0.1) is 11.3 Å². The molecule has 1 aliphatic heterocycles. The second-order valence-electron chi connectivity index (χ2n) is 4.78. The van der Waals surface area contributed by atoms with Crippen molar-refractivity contribution in [2.75, 3.05) is 5.75 Å². The van der Waals surface area contributed by atoms with Crippen molar-refractivity contribution in [2.24, 2.45) is 0 Å². The van der Waals surface area contributed by atoms with Crippen LogP contribution in [0, 0.1) is 0 Å². The molecule has 2 atom stereocenters. The average Bonchev–Trinajstić information content (AvgIpc) is 2.80. The predicted octanol–water partition coefficient (Wildman–Crippen LogP) is 3.67. The van der Waals surface area contributed by atoms with E-state index in [0.717, 1.165) is 17.3 Å². The molecule has 0 aliphatic carbocycles. The zero-order valence-corrected chi connectivity index (χ0v) is 12.2. The molecule has 2 nitrogen and oxygen atoms in total. The van der Waals surface area contributed by atoms with E-state index in [1.807, 2.05) is 0 Å². The molecule has 1 N–H and O–H groups in total. The van der Waals surface area contributed by atoms with Crippen molar-refractivity contribution < 1.29 is 0 Å². The minimum absolute atomic E-state index is 0.649. The molecule has 1 fully saturated rings. The van der Waals surface area contributed by atoms with E-state index in [0.29, 0.717) is 6.04 Å². The number of nitrogens with one attached hydrogen (secondary N) is 1. The molecule has 2 heterocycles. The maximum Gasteiger partial charge on any atom is 0.108 e. The van der Waals surface area contributed by atoms with Crippen LogP contribution in [0.2, 0.25) is 0 Å². The molecule has 96 valence electrons. The highest BCUT2D eigenvalue weighted by Gasteiger charge is 2.21. The van der Waals surface area contributed by atoms with E-state index >= 15 is 0 Å². The van der Waals surface area contributed by atoms with Gasteiger partial charge in [-0.2, -0.15) is 11.8 Å². The molecule has 2 unspecified atom stereocenters. The van der Waals surface area contributed by atoms with Gasteiger partial charge in [-0.1, -0.05) is 19.1 Å². The lowest BCUT2D eigenvalue weighted by Crippen LogP contribution is -2.38. The summed E-state index contributed by atoms with van der Waals surface area (Å²) in [4.78, 5) is 4.67. The summed E-state index contributed by atoms with van der Waals surface area (Å²) >= 11 is 3.89. The topological polar surface area (TPSA) is 24.9 Å².